The Balaban J connectivity index is 2.24. The van der Waals surface area contributed by atoms with Crippen molar-refractivity contribution < 1.29 is 9.90 Å². The molecule has 0 fully saturated rings. The van der Waals surface area contributed by atoms with Crippen LogP contribution >= 0.6 is 0 Å². The summed E-state index contributed by atoms with van der Waals surface area (Å²) in [6.07, 6.45) is 0. The third-order valence-electron chi connectivity index (χ3n) is 2.91. The van der Waals surface area contributed by atoms with Crippen molar-refractivity contribution in [3.8, 4) is 11.1 Å². The zero-order chi connectivity index (χ0) is 13.7. The van der Waals surface area contributed by atoms with Crippen molar-refractivity contribution in [1.29, 1.82) is 0 Å². The predicted octanol–water partition coefficient (Wildman–Crippen LogP) is 2.48. The van der Waals surface area contributed by atoms with Crippen LogP contribution in [0.25, 0.3) is 11.1 Å². The molecule has 0 aliphatic rings. The second-order valence-corrected chi connectivity index (χ2v) is 4.47. The summed E-state index contributed by atoms with van der Waals surface area (Å²) in [5.74, 6) is -0.0346. The molecular weight excluding hydrogens is 238 g/mol. The van der Waals surface area contributed by atoms with Gasteiger partial charge < -0.3 is 10.4 Å². The fourth-order valence-corrected chi connectivity index (χ4v) is 1.94. The molecule has 0 radical (unpaired) electrons. The van der Waals surface area contributed by atoms with Gasteiger partial charge in [-0.3, -0.25) is 4.79 Å². The van der Waals surface area contributed by atoms with Crippen LogP contribution in [0.1, 0.15) is 18.1 Å². The molecule has 0 atom stereocenters. The number of carbonyl (C=O) groups excluding carboxylic acids is 1. The summed E-state index contributed by atoms with van der Waals surface area (Å²) < 4.78 is 0. The lowest BCUT2D eigenvalue weighted by Crippen LogP contribution is -2.18. The van der Waals surface area contributed by atoms with E-state index in [0.29, 0.717) is 6.54 Å². The van der Waals surface area contributed by atoms with Crippen molar-refractivity contribution in [1.82, 2.24) is 5.32 Å². The van der Waals surface area contributed by atoms with Gasteiger partial charge in [0.15, 0.2) is 0 Å². The maximum atomic E-state index is 10.9. The number of hydrogen-bond acceptors (Lipinski definition) is 2. The highest BCUT2D eigenvalue weighted by Gasteiger charge is 2.01. The van der Waals surface area contributed by atoms with Crippen LogP contribution in [-0.2, 0) is 17.9 Å². The van der Waals surface area contributed by atoms with Crippen LogP contribution in [0.5, 0.6) is 0 Å². The van der Waals surface area contributed by atoms with E-state index in [1.54, 1.807) is 0 Å². The van der Waals surface area contributed by atoms with E-state index in [0.717, 1.165) is 22.3 Å². The van der Waals surface area contributed by atoms with E-state index >= 15 is 0 Å². The molecule has 2 N–H and O–H groups in total. The number of benzene rings is 2. The van der Waals surface area contributed by atoms with Crippen LogP contribution in [-0.4, -0.2) is 11.0 Å². The van der Waals surface area contributed by atoms with Crippen molar-refractivity contribution in [2.75, 3.05) is 0 Å². The van der Waals surface area contributed by atoms with E-state index in [-0.39, 0.29) is 12.5 Å². The summed E-state index contributed by atoms with van der Waals surface area (Å²) in [4.78, 5) is 10.9. The molecule has 3 nitrogen and oxygen atoms in total. The van der Waals surface area contributed by atoms with Crippen LogP contribution < -0.4 is 5.32 Å². The van der Waals surface area contributed by atoms with Crippen LogP contribution in [0.2, 0.25) is 0 Å². The lowest BCUT2D eigenvalue weighted by molar-refractivity contribution is -0.119. The van der Waals surface area contributed by atoms with Gasteiger partial charge in [-0.2, -0.15) is 0 Å². The lowest BCUT2D eigenvalue weighted by atomic mass is 10.0. The van der Waals surface area contributed by atoms with Gasteiger partial charge in [-0.1, -0.05) is 36.4 Å². The van der Waals surface area contributed by atoms with Gasteiger partial charge in [-0.05, 0) is 34.4 Å². The van der Waals surface area contributed by atoms with Crippen molar-refractivity contribution in [2.45, 2.75) is 20.1 Å². The summed E-state index contributed by atoms with van der Waals surface area (Å²) in [6, 6.07) is 15.8. The molecule has 2 aromatic carbocycles. The molecule has 2 rings (SSSR count). The molecule has 3 heteroatoms. The minimum atomic E-state index is -0.0346. The summed E-state index contributed by atoms with van der Waals surface area (Å²) in [6.45, 7) is 2.08. The highest BCUT2D eigenvalue weighted by atomic mass is 16.3. The molecule has 0 aromatic heterocycles. The maximum Gasteiger partial charge on any atom is 0.217 e. The first-order valence-corrected chi connectivity index (χ1v) is 6.22. The molecule has 1 amide bonds. The monoisotopic (exact) mass is 255 g/mol. The molecule has 0 aliphatic heterocycles. The van der Waals surface area contributed by atoms with Gasteiger partial charge in [0.2, 0.25) is 5.91 Å². The first-order chi connectivity index (χ1) is 9.19. The third kappa shape index (κ3) is 3.66. The van der Waals surface area contributed by atoms with E-state index in [2.05, 4.69) is 5.32 Å². The third-order valence-corrected chi connectivity index (χ3v) is 2.91. The molecule has 0 aliphatic carbocycles. The number of hydrogen-bond donors (Lipinski definition) is 2. The maximum absolute atomic E-state index is 10.9. The van der Waals surface area contributed by atoms with Gasteiger partial charge in [0.1, 0.15) is 0 Å². The molecule has 0 unspecified atom stereocenters. The van der Waals surface area contributed by atoms with Crippen LogP contribution in [0.4, 0.5) is 0 Å². The van der Waals surface area contributed by atoms with Gasteiger partial charge in [0.25, 0.3) is 0 Å². The van der Waals surface area contributed by atoms with Crippen molar-refractivity contribution in [2.24, 2.45) is 0 Å². The number of rotatable bonds is 4. The van der Waals surface area contributed by atoms with Crippen molar-refractivity contribution in [3.63, 3.8) is 0 Å². The average molecular weight is 255 g/mol. The Labute approximate surface area is 112 Å². The van der Waals surface area contributed by atoms with Crippen LogP contribution in [0, 0.1) is 0 Å². The summed E-state index contributed by atoms with van der Waals surface area (Å²) in [5.41, 5.74) is 4.10. The smallest absolute Gasteiger partial charge is 0.217 e. The SMILES string of the molecule is CC(=O)NCc1cccc(-c2cccc(CO)c2)c1. The Bertz CT molecular complexity index is 578. The van der Waals surface area contributed by atoms with Crippen molar-refractivity contribution in [3.05, 3.63) is 59.7 Å². The van der Waals surface area contributed by atoms with E-state index < -0.39 is 0 Å². The number of amides is 1. The number of aliphatic hydroxyl groups excluding tert-OH is 1. The number of aliphatic hydroxyl groups is 1. The second kappa shape index (κ2) is 6.16. The van der Waals surface area contributed by atoms with Gasteiger partial charge in [-0.15, -0.1) is 0 Å². The average Bonchev–Trinajstić information content (AvgIpc) is 2.45. The minimum Gasteiger partial charge on any atom is -0.392 e. The Kier molecular flexibility index (Phi) is 4.31. The highest BCUT2D eigenvalue weighted by Crippen LogP contribution is 2.21. The Hall–Kier alpha value is -2.13. The van der Waals surface area contributed by atoms with Gasteiger partial charge in [0, 0.05) is 13.5 Å². The molecule has 0 bridgehead atoms. The quantitative estimate of drug-likeness (QED) is 0.881. The Morgan fingerprint density at radius 2 is 1.63 bits per heavy atom. The fourth-order valence-electron chi connectivity index (χ4n) is 1.94. The zero-order valence-corrected chi connectivity index (χ0v) is 10.9. The van der Waals surface area contributed by atoms with E-state index in [4.69, 9.17) is 5.11 Å². The van der Waals surface area contributed by atoms with Crippen LogP contribution in [0.3, 0.4) is 0 Å². The molecule has 19 heavy (non-hydrogen) atoms. The Morgan fingerprint density at radius 1 is 1.05 bits per heavy atom. The molecular formula is C16H17NO2. The fraction of sp³-hybridized carbons (Fsp3) is 0.188. The van der Waals surface area contributed by atoms with E-state index in [9.17, 15) is 4.79 Å². The summed E-state index contributed by atoms with van der Waals surface area (Å²) in [7, 11) is 0. The Morgan fingerprint density at radius 3 is 2.21 bits per heavy atom. The number of nitrogens with one attached hydrogen (secondary N) is 1. The molecule has 0 heterocycles. The van der Waals surface area contributed by atoms with Gasteiger partial charge in [0.05, 0.1) is 6.61 Å². The molecule has 0 saturated heterocycles. The standard InChI is InChI=1S/C16H17NO2/c1-12(19)17-10-13-4-2-6-15(8-13)16-7-3-5-14(9-16)11-18/h2-9,18H,10-11H2,1H3,(H,17,19). The normalized spacial score (nSPS) is 10.2. The molecule has 98 valence electrons. The van der Waals surface area contributed by atoms with Crippen molar-refractivity contribution >= 4 is 5.91 Å². The minimum absolute atomic E-state index is 0.0346. The van der Waals surface area contributed by atoms with Gasteiger partial charge >= 0.3 is 0 Å². The van der Waals surface area contributed by atoms with E-state index in [1.807, 2.05) is 48.5 Å². The largest absolute Gasteiger partial charge is 0.392 e. The van der Waals surface area contributed by atoms with Gasteiger partial charge in [-0.25, -0.2) is 0 Å². The molecule has 0 spiro atoms. The first kappa shape index (κ1) is 13.3. The second-order valence-electron chi connectivity index (χ2n) is 4.47. The highest BCUT2D eigenvalue weighted by molar-refractivity contribution is 5.73. The first-order valence-electron chi connectivity index (χ1n) is 6.22. The lowest BCUT2D eigenvalue weighted by Gasteiger charge is -2.07. The molecule has 2 aromatic rings. The topological polar surface area (TPSA) is 49.3 Å². The number of carbonyl (C=O) groups is 1. The van der Waals surface area contributed by atoms with E-state index in [1.165, 1.54) is 6.92 Å². The zero-order valence-electron chi connectivity index (χ0n) is 10.9. The molecule has 0 saturated carbocycles. The van der Waals surface area contributed by atoms with Crippen LogP contribution in [0.15, 0.2) is 48.5 Å². The predicted molar refractivity (Wildman–Crippen MR) is 75.3 cm³/mol. The summed E-state index contributed by atoms with van der Waals surface area (Å²) >= 11 is 0. The summed E-state index contributed by atoms with van der Waals surface area (Å²) in [5, 5.41) is 11.9.